The van der Waals surface area contributed by atoms with Gasteiger partial charge >= 0.3 is 5.97 Å². The van der Waals surface area contributed by atoms with Crippen molar-refractivity contribution in [2.24, 2.45) is 5.92 Å². The first-order chi connectivity index (χ1) is 18.7. The Morgan fingerprint density at radius 3 is 2.23 bits per heavy atom. The van der Waals surface area contributed by atoms with Crippen LogP contribution in [0.5, 0.6) is 5.75 Å². The highest BCUT2D eigenvalue weighted by atomic mass is 16.6. The molecule has 9 nitrogen and oxygen atoms in total. The summed E-state index contributed by atoms with van der Waals surface area (Å²) in [6, 6.07) is 7.66. The quantitative estimate of drug-likeness (QED) is 0.166. The maximum atomic E-state index is 11.7. The minimum absolute atomic E-state index is 0.00926. The Kier molecular flexibility index (Phi) is 17.2. The predicted octanol–water partition coefficient (Wildman–Crippen LogP) is 7.43. The second-order valence-corrected chi connectivity index (χ2v) is 8.24. The molecule has 3 rings (SSSR count). The van der Waals surface area contributed by atoms with Crippen LogP contribution >= 0.6 is 0 Å². The van der Waals surface area contributed by atoms with Gasteiger partial charge in [0.25, 0.3) is 5.70 Å². The van der Waals surface area contributed by atoms with Crippen LogP contribution < -0.4 is 10.5 Å². The fourth-order valence-corrected chi connectivity index (χ4v) is 3.54. The molecule has 0 saturated heterocycles. The molecule has 1 saturated carbocycles. The van der Waals surface area contributed by atoms with E-state index in [2.05, 4.69) is 30.0 Å². The summed E-state index contributed by atoms with van der Waals surface area (Å²) >= 11 is 0. The molecule has 214 valence electrons. The number of methoxy groups -OCH3 is 1. The molecule has 1 heterocycles. The number of nitrogens with zero attached hydrogens (tertiary/aromatic N) is 3. The molecule has 1 aromatic carbocycles. The molecular formula is C30H44N4O5. The molecule has 2 aromatic rings. The summed E-state index contributed by atoms with van der Waals surface area (Å²) in [4.78, 5) is 29.8. The normalized spacial score (nSPS) is 16.2. The van der Waals surface area contributed by atoms with Gasteiger partial charge in [0.1, 0.15) is 5.75 Å². The Balaban J connectivity index is 0.000000871. The van der Waals surface area contributed by atoms with Crippen molar-refractivity contribution in [3.8, 4) is 17.0 Å². The average molecular weight is 541 g/mol. The van der Waals surface area contributed by atoms with Gasteiger partial charge in [0.2, 0.25) is 0 Å². The first-order valence-electron chi connectivity index (χ1n) is 13.3. The van der Waals surface area contributed by atoms with Gasteiger partial charge in [-0.15, -0.1) is 0 Å². The fraction of sp³-hybridized carbons (Fsp3) is 0.433. The zero-order valence-electron chi connectivity index (χ0n) is 24.4. The number of nitrogen functional groups attached to an aromatic ring is 1. The van der Waals surface area contributed by atoms with Gasteiger partial charge in [0.15, 0.2) is 11.5 Å². The summed E-state index contributed by atoms with van der Waals surface area (Å²) in [7, 11) is 1.29. The minimum Gasteiger partial charge on any atom is -0.490 e. The van der Waals surface area contributed by atoms with E-state index in [4.69, 9.17) is 15.2 Å². The Hall–Kier alpha value is -4.01. The molecule has 0 amide bonds. The minimum atomic E-state index is -0.601. The highest BCUT2D eigenvalue weighted by Gasteiger charge is 2.20. The maximum absolute atomic E-state index is 11.7. The number of rotatable bonds is 7. The topological polar surface area (TPSA) is 130 Å². The van der Waals surface area contributed by atoms with E-state index in [1.807, 2.05) is 52.0 Å². The second-order valence-electron chi connectivity index (χ2n) is 8.24. The van der Waals surface area contributed by atoms with Crippen LogP contribution in [0, 0.1) is 16.0 Å². The molecule has 0 spiro atoms. The largest absolute Gasteiger partial charge is 0.490 e. The van der Waals surface area contributed by atoms with Crippen LogP contribution in [0.3, 0.4) is 0 Å². The van der Waals surface area contributed by atoms with Crippen LogP contribution in [-0.4, -0.2) is 34.1 Å². The van der Waals surface area contributed by atoms with Crippen molar-refractivity contribution in [2.75, 3.05) is 12.8 Å². The molecule has 1 aliphatic rings. The molecule has 1 fully saturated rings. The van der Waals surface area contributed by atoms with Crippen LogP contribution in [-0.2, 0) is 4.74 Å². The van der Waals surface area contributed by atoms with Gasteiger partial charge < -0.3 is 15.2 Å². The van der Waals surface area contributed by atoms with Gasteiger partial charge in [0, 0.05) is 17.2 Å². The number of carbonyl (C=O) groups is 1. The smallest absolute Gasteiger partial charge is 0.360 e. The van der Waals surface area contributed by atoms with Crippen LogP contribution in [0.4, 0.5) is 5.82 Å². The van der Waals surface area contributed by atoms with Crippen LogP contribution in [0.15, 0.2) is 67.0 Å². The van der Waals surface area contributed by atoms with Crippen molar-refractivity contribution < 1.29 is 19.2 Å². The zero-order valence-corrected chi connectivity index (χ0v) is 24.4. The summed E-state index contributed by atoms with van der Waals surface area (Å²) in [6.07, 6.45) is 9.01. The van der Waals surface area contributed by atoms with Crippen LogP contribution in [0.2, 0.25) is 0 Å². The van der Waals surface area contributed by atoms with Gasteiger partial charge in [-0.05, 0) is 50.7 Å². The fourth-order valence-electron chi connectivity index (χ4n) is 3.54. The number of carbonyl (C=O) groups excluding carboxylic acids is 1. The highest BCUT2D eigenvalue weighted by molar-refractivity contribution is 5.92. The average Bonchev–Trinajstić information content (AvgIpc) is 2.97. The van der Waals surface area contributed by atoms with E-state index in [9.17, 15) is 14.9 Å². The van der Waals surface area contributed by atoms with E-state index >= 15 is 0 Å². The molecule has 0 unspecified atom stereocenters. The standard InChI is InChI=1S/C19H23N3O3.C7H9NO2.2C2H6/c1-12-6-8-14(9-7-12)25-15-5-3-4-13(10-15)16-11-21-18(20)17(22-16)19(23)24-2;1-4-6(3)7(5-2)8(9)10;2*1-2/h3-5,10-12,14H,6-9H2,1-2H3,(H2,20,21);4-5H,1-2H2,3H3;2*1-2H3/b;7-6+;;. The lowest BCUT2D eigenvalue weighted by atomic mass is 9.89. The predicted molar refractivity (Wildman–Crippen MR) is 158 cm³/mol. The van der Waals surface area contributed by atoms with Gasteiger partial charge in [-0.25, -0.2) is 14.8 Å². The van der Waals surface area contributed by atoms with Crippen LogP contribution in [0.25, 0.3) is 11.3 Å². The van der Waals surface area contributed by atoms with E-state index in [1.165, 1.54) is 32.1 Å². The maximum Gasteiger partial charge on any atom is 0.360 e. The van der Waals surface area contributed by atoms with Gasteiger partial charge in [-0.1, -0.05) is 66.0 Å². The van der Waals surface area contributed by atoms with E-state index in [0.717, 1.165) is 30.1 Å². The number of benzene rings is 1. The van der Waals surface area contributed by atoms with E-state index in [0.29, 0.717) is 11.3 Å². The molecule has 0 atom stereocenters. The highest BCUT2D eigenvalue weighted by Crippen LogP contribution is 2.29. The first kappa shape index (κ1) is 35.0. The number of ether oxygens (including phenoxy) is 2. The molecule has 0 aliphatic heterocycles. The van der Waals surface area contributed by atoms with Crippen LogP contribution in [0.1, 0.15) is 77.7 Å². The Labute approximate surface area is 233 Å². The molecule has 9 heteroatoms. The van der Waals surface area contributed by atoms with Gasteiger partial charge in [-0.3, -0.25) is 10.1 Å². The Bertz CT molecular complexity index is 1110. The number of hydrogen-bond donors (Lipinski definition) is 1. The zero-order chi connectivity index (χ0) is 30.0. The number of hydrogen-bond acceptors (Lipinski definition) is 8. The summed E-state index contributed by atoms with van der Waals surface area (Å²) < 4.78 is 10.8. The van der Waals surface area contributed by atoms with Crippen molar-refractivity contribution >= 4 is 11.8 Å². The van der Waals surface area contributed by atoms with Crippen molar-refractivity contribution in [1.29, 1.82) is 0 Å². The summed E-state index contributed by atoms with van der Waals surface area (Å²) in [6.45, 7) is 18.6. The lowest BCUT2D eigenvalue weighted by Gasteiger charge is -2.27. The molecular weight excluding hydrogens is 496 g/mol. The molecule has 1 aliphatic carbocycles. The molecule has 2 N–H and O–H groups in total. The summed E-state index contributed by atoms with van der Waals surface area (Å²) in [5.74, 6) is 1.04. The number of aromatic nitrogens is 2. The summed E-state index contributed by atoms with van der Waals surface area (Å²) in [5.41, 5.74) is 7.64. The third kappa shape index (κ3) is 11.5. The summed E-state index contributed by atoms with van der Waals surface area (Å²) in [5, 5.41) is 10.2. The van der Waals surface area contributed by atoms with Crippen molar-refractivity contribution in [3.63, 3.8) is 0 Å². The van der Waals surface area contributed by atoms with Crippen molar-refractivity contribution in [3.05, 3.63) is 82.9 Å². The number of nitrogens with two attached hydrogens (primary N) is 1. The molecule has 39 heavy (non-hydrogen) atoms. The second kappa shape index (κ2) is 19.1. The van der Waals surface area contributed by atoms with E-state index in [1.54, 1.807) is 13.1 Å². The number of allylic oxidation sites excluding steroid dienone is 3. The lowest BCUT2D eigenvalue weighted by molar-refractivity contribution is -0.419. The Morgan fingerprint density at radius 2 is 1.74 bits per heavy atom. The van der Waals surface area contributed by atoms with Gasteiger partial charge in [0.05, 0.1) is 30.0 Å². The molecule has 0 bridgehead atoms. The SMILES string of the molecule is C=C/C(C)=C(\C=C)[N+](=O)[O-].CC.CC.COC(=O)c1nc(-c2cccc(OC3CCC(C)CC3)c2)cnc1N. The molecule has 0 radical (unpaired) electrons. The first-order valence-corrected chi connectivity index (χ1v) is 13.3. The van der Waals surface area contributed by atoms with Crippen molar-refractivity contribution in [1.82, 2.24) is 9.97 Å². The number of esters is 1. The third-order valence-corrected chi connectivity index (χ3v) is 5.68. The molecule has 1 aromatic heterocycles. The number of anilines is 1. The van der Waals surface area contributed by atoms with E-state index < -0.39 is 10.9 Å². The van der Waals surface area contributed by atoms with Crippen molar-refractivity contribution in [2.45, 2.75) is 73.3 Å². The van der Waals surface area contributed by atoms with E-state index in [-0.39, 0.29) is 23.3 Å². The monoisotopic (exact) mass is 540 g/mol. The lowest BCUT2D eigenvalue weighted by Crippen LogP contribution is -2.23. The Morgan fingerprint density at radius 1 is 1.13 bits per heavy atom. The van der Waals surface area contributed by atoms with Gasteiger partial charge in [-0.2, -0.15) is 0 Å². The number of nitro groups is 1. The third-order valence-electron chi connectivity index (χ3n) is 5.68.